The maximum Gasteiger partial charge on any atom is 0.253 e. The molecule has 2 aromatic carbocycles. The normalized spacial score (nSPS) is 28.1. The van der Waals surface area contributed by atoms with Crippen molar-refractivity contribution >= 4 is 11.8 Å². The first kappa shape index (κ1) is 24.6. The third kappa shape index (κ3) is 5.16. The smallest absolute Gasteiger partial charge is 0.253 e. The zero-order valence-corrected chi connectivity index (χ0v) is 21.1. The highest BCUT2D eigenvalue weighted by molar-refractivity contribution is 5.95. The second-order valence-corrected chi connectivity index (χ2v) is 10.7. The molecule has 4 saturated heterocycles. The van der Waals surface area contributed by atoms with Gasteiger partial charge in [-0.1, -0.05) is 24.3 Å². The number of amides is 2. The Balaban J connectivity index is 1.00. The van der Waals surface area contributed by atoms with Gasteiger partial charge < -0.3 is 28.7 Å². The summed E-state index contributed by atoms with van der Waals surface area (Å²) in [6, 6.07) is 15.1. The van der Waals surface area contributed by atoms with Gasteiger partial charge >= 0.3 is 0 Å². The number of benzene rings is 2. The average Bonchev–Trinajstić information content (AvgIpc) is 3.69. The van der Waals surface area contributed by atoms with Crippen molar-refractivity contribution in [1.29, 1.82) is 0 Å². The first-order chi connectivity index (χ1) is 18.1. The minimum absolute atomic E-state index is 0.0902. The van der Waals surface area contributed by atoms with Crippen molar-refractivity contribution in [1.82, 2.24) is 9.80 Å². The Morgan fingerprint density at radius 2 is 0.892 bits per heavy atom. The molecule has 4 fully saturated rings. The lowest BCUT2D eigenvalue weighted by atomic mass is 9.90. The average molecular weight is 507 g/mol. The molecule has 0 aliphatic carbocycles. The van der Waals surface area contributed by atoms with E-state index in [9.17, 15) is 9.59 Å². The number of hydrogen-bond donors (Lipinski definition) is 0. The Labute approximate surface area is 217 Å². The van der Waals surface area contributed by atoms with Crippen LogP contribution in [0.1, 0.15) is 70.1 Å². The van der Waals surface area contributed by atoms with Gasteiger partial charge in [-0.05, 0) is 49.9 Å². The van der Waals surface area contributed by atoms with Crippen LogP contribution in [0, 0.1) is 5.41 Å². The van der Waals surface area contributed by atoms with Crippen molar-refractivity contribution < 1.29 is 28.5 Å². The minimum atomic E-state index is -0.472. The molecule has 4 aliphatic rings. The van der Waals surface area contributed by atoms with Crippen LogP contribution in [0.3, 0.4) is 0 Å². The van der Waals surface area contributed by atoms with Crippen LogP contribution < -0.4 is 0 Å². The molecule has 0 saturated carbocycles. The summed E-state index contributed by atoms with van der Waals surface area (Å²) in [7, 11) is 0. The number of rotatable bonds is 4. The van der Waals surface area contributed by atoms with E-state index >= 15 is 0 Å². The Kier molecular flexibility index (Phi) is 6.99. The van der Waals surface area contributed by atoms with Gasteiger partial charge in [-0.3, -0.25) is 9.59 Å². The van der Waals surface area contributed by atoms with Gasteiger partial charge in [0, 0.05) is 48.4 Å². The van der Waals surface area contributed by atoms with E-state index in [2.05, 4.69) is 0 Å². The largest absolute Gasteiger partial charge is 0.348 e. The Morgan fingerprint density at radius 1 is 0.568 bits per heavy atom. The Morgan fingerprint density at radius 3 is 1.22 bits per heavy atom. The van der Waals surface area contributed by atoms with Gasteiger partial charge in [-0.2, -0.15) is 0 Å². The van der Waals surface area contributed by atoms with Crippen LogP contribution in [0.15, 0.2) is 48.5 Å². The van der Waals surface area contributed by atoms with E-state index in [1.165, 1.54) is 0 Å². The van der Waals surface area contributed by atoms with Gasteiger partial charge in [0.15, 0.2) is 12.6 Å². The van der Waals surface area contributed by atoms with Gasteiger partial charge in [-0.25, -0.2) is 0 Å². The third-order valence-electron chi connectivity index (χ3n) is 7.81. The summed E-state index contributed by atoms with van der Waals surface area (Å²) in [5.41, 5.74) is 2.83. The molecule has 2 aromatic rings. The molecule has 37 heavy (non-hydrogen) atoms. The maximum absolute atomic E-state index is 12.6. The van der Waals surface area contributed by atoms with E-state index in [0.717, 1.165) is 63.0 Å². The van der Waals surface area contributed by atoms with Crippen molar-refractivity contribution in [3.05, 3.63) is 70.8 Å². The Hall–Kier alpha value is -2.78. The summed E-state index contributed by atoms with van der Waals surface area (Å²) in [6.45, 7) is 5.20. The predicted molar refractivity (Wildman–Crippen MR) is 135 cm³/mol. The second kappa shape index (κ2) is 10.5. The molecular weight excluding hydrogens is 472 g/mol. The monoisotopic (exact) mass is 506 g/mol. The first-order valence-corrected chi connectivity index (χ1v) is 13.4. The van der Waals surface area contributed by atoms with E-state index in [1.54, 1.807) is 0 Å². The van der Waals surface area contributed by atoms with Crippen molar-refractivity contribution in [2.24, 2.45) is 5.41 Å². The van der Waals surface area contributed by atoms with Crippen LogP contribution in [0.2, 0.25) is 0 Å². The van der Waals surface area contributed by atoms with Gasteiger partial charge in [0.25, 0.3) is 11.8 Å². The molecule has 1 spiro atoms. The molecule has 6 rings (SSSR count). The number of nitrogens with zero attached hydrogens (tertiary/aromatic N) is 2. The minimum Gasteiger partial charge on any atom is -0.348 e. The lowest BCUT2D eigenvalue weighted by molar-refractivity contribution is -0.307. The highest BCUT2D eigenvalue weighted by Gasteiger charge is 2.42. The summed E-state index contributed by atoms with van der Waals surface area (Å²) >= 11 is 0. The van der Waals surface area contributed by atoms with Crippen molar-refractivity contribution in [2.75, 3.05) is 52.6 Å². The molecule has 0 bridgehead atoms. The van der Waals surface area contributed by atoms with Crippen LogP contribution in [0.4, 0.5) is 0 Å². The van der Waals surface area contributed by atoms with Crippen LogP contribution in [0.25, 0.3) is 0 Å². The zero-order chi connectivity index (χ0) is 25.2. The Bertz CT molecular complexity index is 997. The second-order valence-electron chi connectivity index (χ2n) is 10.7. The first-order valence-electron chi connectivity index (χ1n) is 13.4. The van der Waals surface area contributed by atoms with Crippen molar-refractivity contribution in [3.63, 3.8) is 0 Å². The van der Waals surface area contributed by atoms with Crippen LogP contribution in [-0.2, 0) is 18.9 Å². The fourth-order valence-electron chi connectivity index (χ4n) is 5.51. The molecule has 196 valence electrons. The summed E-state index contributed by atoms with van der Waals surface area (Å²) in [5, 5.41) is 0. The third-order valence-corrected chi connectivity index (χ3v) is 7.81. The number of ether oxygens (including phenoxy) is 4. The fraction of sp³-hybridized carbons (Fsp3) is 0.517. The molecule has 0 aromatic heterocycles. The molecule has 8 heteroatoms. The fourth-order valence-corrected chi connectivity index (χ4v) is 5.51. The molecule has 2 amide bonds. The van der Waals surface area contributed by atoms with E-state index in [0.29, 0.717) is 37.6 Å². The lowest BCUT2D eigenvalue weighted by Gasteiger charge is -2.43. The zero-order valence-electron chi connectivity index (χ0n) is 21.1. The molecule has 0 unspecified atom stereocenters. The number of carbonyl (C=O) groups is 2. The molecule has 8 nitrogen and oxygen atoms in total. The molecule has 0 N–H and O–H groups in total. The van der Waals surface area contributed by atoms with Gasteiger partial charge in [0.2, 0.25) is 0 Å². The maximum atomic E-state index is 12.6. The van der Waals surface area contributed by atoms with Crippen LogP contribution in [-0.4, -0.2) is 74.2 Å². The van der Waals surface area contributed by atoms with E-state index in [4.69, 9.17) is 18.9 Å². The van der Waals surface area contributed by atoms with Crippen molar-refractivity contribution in [3.8, 4) is 0 Å². The van der Waals surface area contributed by atoms with Crippen molar-refractivity contribution in [2.45, 2.75) is 38.3 Å². The van der Waals surface area contributed by atoms with Gasteiger partial charge in [0.05, 0.1) is 31.8 Å². The summed E-state index contributed by atoms with van der Waals surface area (Å²) in [6.07, 6.45) is 3.37. The van der Waals surface area contributed by atoms with E-state index in [-0.39, 0.29) is 17.2 Å². The van der Waals surface area contributed by atoms with E-state index < -0.39 is 12.6 Å². The predicted octanol–water partition coefficient (Wildman–Crippen LogP) is 3.94. The SMILES string of the molecule is O=C(c1ccc(C2OCC3(CO2)COC(c2ccc(C(=O)N4CCCC4)cc2)OC3)cc1)N1CCCC1. The lowest BCUT2D eigenvalue weighted by Crippen LogP contribution is -2.49. The topological polar surface area (TPSA) is 77.5 Å². The summed E-state index contributed by atoms with van der Waals surface area (Å²) < 4.78 is 24.3. The molecular formula is C29H34N2O6. The summed E-state index contributed by atoms with van der Waals surface area (Å²) in [5.74, 6) is 0.180. The van der Waals surface area contributed by atoms with E-state index in [1.807, 2.05) is 58.3 Å². The van der Waals surface area contributed by atoms with Crippen LogP contribution >= 0.6 is 0 Å². The number of likely N-dealkylation sites (tertiary alicyclic amines) is 2. The quantitative estimate of drug-likeness (QED) is 0.625. The van der Waals surface area contributed by atoms with Crippen LogP contribution in [0.5, 0.6) is 0 Å². The van der Waals surface area contributed by atoms with Gasteiger partial charge in [0.1, 0.15) is 0 Å². The highest BCUT2D eigenvalue weighted by Crippen LogP contribution is 2.38. The standard InChI is InChI=1S/C29H34N2O6/c32-25(30-13-1-2-14-30)21-5-9-23(10-6-21)27-34-17-29(18-35-27)19-36-28(37-20-29)24-11-7-22(8-12-24)26(33)31-15-3-4-16-31/h5-12,27-28H,1-4,13-20H2. The molecule has 4 aliphatic heterocycles. The highest BCUT2D eigenvalue weighted by atomic mass is 16.7. The number of hydrogen-bond acceptors (Lipinski definition) is 6. The molecule has 0 radical (unpaired) electrons. The molecule has 4 heterocycles. The van der Waals surface area contributed by atoms with Gasteiger partial charge in [-0.15, -0.1) is 0 Å². The molecule has 0 atom stereocenters. The number of carbonyl (C=O) groups excluding carboxylic acids is 2. The summed E-state index contributed by atoms with van der Waals surface area (Å²) in [4.78, 5) is 29.0.